The highest BCUT2D eigenvalue weighted by Crippen LogP contribution is 2.42. The molecule has 0 aliphatic heterocycles. The Hall–Kier alpha value is -1.09. The summed E-state index contributed by atoms with van der Waals surface area (Å²) >= 11 is 1.32. The molecule has 0 amide bonds. The second-order valence-corrected chi connectivity index (χ2v) is 6.67. The molecular weight excluding hydrogens is 244 g/mol. The molecule has 1 aromatic rings. The lowest BCUT2D eigenvalue weighted by Crippen LogP contribution is -2.35. The van der Waals surface area contributed by atoms with Gasteiger partial charge in [-0.15, -0.1) is 0 Å². The molecule has 1 saturated carbocycles. The molecule has 3 heteroatoms. The maximum atomic E-state index is 12.2. The van der Waals surface area contributed by atoms with Crippen molar-refractivity contribution in [1.29, 1.82) is 0 Å². The molecule has 1 aliphatic carbocycles. The number of Topliss-reactive ketones (excluding diaryl/α,β-unsaturated/α-hetero) is 1. The molecule has 0 bridgehead atoms. The van der Waals surface area contributed by atoms with Crippen LogP contribution in [0.15, 0.2) is 30.3 Å². The van der Waals surface area contributed by atoms with Crippen LogP contribution < -0.4 is 0 Å². The third kappa shape index (κ3) is 3.02. The van der Waals surface area contributed by atoms with E-state index in [0.29, 0.717) is 12.8 Å². The number of benzene rings is 1. The zero-order chi connectivity index (χ0) is 13.2. The molecule has 1 atom stereocenters. The molecule has 0 saturated heterocycles. The summed E-state index contributed by atoms with van der Waals surface area (Å²) in [6, 6.07) is 9.28. The van der Waals surface area contributed by atoms with Crippen molar-refractivity contribution in [3.05, 3.63) is 35.9 Å². The van der Waals surface area contributed by atoms with Crippen LogP contribution in [0.3, 0.4) is 0 Å². The Morgan fingerprint density at radius 2 is 1.94 bits per heavy atom. The normalized spacial score (nSPS) is 22.8. The molecule has 1 fully saturated rings. The lowest BCUT2D eigenvalue weighted by atomic mass is 9.76. The molecule has 0 N–H and O–H groups in total. The molecule has 0 heterocycles. The van der Waals surface area contributed by atoms with Gasteiger partial charge < -0.3 is 0 Å². The number of hydrogen-bond donors (Lipinski definition) is 0. The van der Waals surface area contributed by atoms with Crippen molar-refractivity contribution in [3.63, 3.8) is 0 Å². The standard InChI is InChI=1S/C15H18O2S/c1-15(2)9-8-12(16)10-13(15)18-14(17)11-6-4-3-5-7-11/h3-7,13H,8-10H2,1-2H3/t13-/m0/s1. The first-order chi connectivity index (χ1) is 8.49. The maximum Gasteiger partial charge on any atom is 0.219 e. The Morgan fingerprint density at radius 1 is 1.28 bits per heavy atom. The van der Waals surface area contributed by atoms with Crippen LogP contribution in [0.25, 0.3) is 0 Å². The van der Waals surface area contributed by atoms with Crippen molar-refractivity contribution in [2.45, 2.75) is 38.4 Å². The van der Waals surface area contributed by atoms with Crippen molar-refractivity contribution < 1.29 is 9.59 Å². The first kappa shape index (κ1) is 13.3. The third-order valence-corrected chi connectivity index (χ3v) is 5.13. The van der Waals surface area contributed by atoms with Gasteiger partial charge in [-0.3, -0.25) is 9.59 Å². The Balaban J connectivity index is 2.08. The number of rotatable bonds is 2. The van der Waals surface area contributed by atoms with E-state index in [-0.39, 0.29) is 21.6 Å². The Kier molecular flexibility index (Phi) is 3.91. The van der Waals surface area contributed by atoms with Crippen molar-refractivity contribution in [2.75, 3.05) is 0 Å². The van der Waals surface area contributed by atoms with Crippen molar-refractivity contribution >= 4 is 22.7 Å². The van der Waals surface area contributed by atoms with Gasteiger partial charge >= 0.3 is 0 Å². The summed E-state index contributed by atoms with van der Waals surface area (Å²) in [5.74, 6) is 0.285. The van der Waals surface area contributed by atoms with E-state index in [1.165, 1.54) is 11.8 Å². The predicted molar refractivity (Wildman–Crippen MR) is 74.8 cm³/mol. The van der Waals surface area contributed by atoms with Crippen LogP contribution >= 0.6 is 11.8 Å². The molecule has 2 nitrogen and oxygen atoms in total. The lowest BCUT2D eigenvalue weighted by molar-refractivity contribution is -0.121. The summed E-state index contributed by atoms with van der Waals surface area (Å²) < 4.78 is 0. The van der Waals surface area contributed by atoms with Gasteiger partial charge in [-0.25, -0.2) is 0 Å². The van der Waals surface area contributed by atoms with E-state index in [4.69, 9.17) is 0 Å². The molecular formula is C15H18O2S. The van der Waals surface area contributed by atoms with Crippen LogP contribution in [-0.4, -0.2) is 16.1 Å². The van der Waals surface area contributed by atoms with E-state index >= 15 is 0 Å². The fraction of sp³-hybridized carbons (Fsp3) is 0.467. The highest BCUT2D eigenvalue weighted by molar-refractivity contribution is 8.14. The van der Waals surface area contributed by atoms with Gasteiger partial charge in [0.05, 0.1) is 0 Å². The quantitative estimate of drug-likeness (QED) is 0.815. The number of hydrogen-bond acceptors (Lipinski definition) is 3. The second-order valence-electron chi connectivity index (χ2n) is 5.49. The van der Waals surface area contributed by atoms with Gasteiger partial charge in [0.2, 0.25) is 5.12 Å². The minimum Gasteiger partial charge on any atom is -0.300 e. The lowest BCUT2D eigenvalue weighted by Gasteiger charge is -2.36. The number of carbonyl (C=O) groups is 2. The van der Waals surface area contributed by atoms with E-state index in [0.717, 1.165) is 12.0 Å². The third-order valence-electron chi connectivity index (χ3n) is 3.59. The summed E-state index contributed by atoms with van der Waals surface area (Å²) in [7, 11) is 0. The zero-order valence-corrected chi connectivity index (χ0v) is 11.6. The fourth-order valence-electron chi connectivity index (χ4n) is 2.18. The predicted octanol–water partition coefficient (Wildman–Crippen LogP) is 3.71. The van der Waals surface area contributed by atoms with E-state index in [2.05, 4.69) is 13.8 Å². The van der Waals surface area contributed by atoms with E-state index < -0.39 is 0 Å². The first-order valence-corrected chi connectivity index (χ1v) is 7.15. The molecule has 0 unspecified atom stereocenters. The molecule has 0 spiro atoms. The van der Waals surface area contributed by atoms with Crippen LogP contribution in [0, 0.1) is 5.41 Å². The van der Waals surface area contributed by atoms with E-state index in [1.807, 2.05) is 30.3 Å². The summed E-state index contributed by atoms with van der Waals surface area (Å²) in [5, 5.41) is 0.176. The first-order valence-electron chi connectivity index (χ1n) is 6.27. The summed E-state index contributed by atoms with van der Waals surface area (Å²) in [6.07, 6.45) is 2.06. The SMILES string of the molecule is CC1(C)CCC(=O)C[C@@H]1SC(=O)c1ccccc1. The van der Waals surface area contributed by atoms with Gasteiger partial charge in [0.25, 0.3) is 0 Å². The van der Waals surface area contributed by atoms with Crippen LogP contribution in [0.2, 0.25) is 0 Å². The van der Waals surface area contributed by atoms with Gasteiger partial charge in [-0.2, -0.15) is 0 Å². The minimum atomic E-state index is 0.0585. The number of thioether (sulfide) groups is 1. The Labute approximate surface area is 112 Å². The van der Waals surface area contributed by atoms with E-state index in [1.54, 1.807) is 0 Å². The van der Waals surface area contributed by atoms with E-state index in [9.17, 15) is 9.59 Å². The van der Waals surface area contributed by atoms with Gasteiger partial charge in [-0.05, 0) is 11.8 Å². The van der Waals surface area contributed by atoms with Crippen molar-refractivity contribution in [2.24, 2.45) is 5.41 Å². The average Bonchev–Trinajstić information content (AvgIpc) is 2.35. The maximum absolute atomic E-state index is 12.2. The molecule has 2 rings (SSSR count). The molecule has 0 aromatic heterocycles. The number of ketones is 1. The van der Waals surface area contributed by atoms with Gasteiger partial charge in [0.15, 0.2) is 0 Å². The average molecular weight is 262 g/mol. The molecule has 1 aromatic carbocycles. The van der Waals surface area contributed by atoms with Crippen LogP contribution in [0.5, 0.6) is 0 Å². The second kappa shape index (κ2) is 5.27. The van der Waals surface area contributed by atoms with Gasteiger partial charge in [-0.1, -0.05) is 55.9 Å². The highest BCUT2D eigenvalue weighted by Gasteiger charge is 2.37. The van der Waals surface area contributed by atoms with Crippen molar-refractivity contribution in [3.8, 4) is 0 Å². The highest BCUT2D eigenvalue weighted by atomic mass is 32.2. The Morgan fingerprint density at radius 3 is 2.61 bits per heavy atom. The molecule has 96 valence electrons. The number of carbonyl (C=O) groups excluding carboxylic acids is 2. The zero-order valence-electron chi connectivity index (χ0n) is 10.8. The summed E-state index contributed by atoms with van der Waals surface area (Å²) in [5.41, 5.74) is 0.777. The van der Waals surface area contributed by atoms with Gasteiger partial charge in [0, 0.05) is 23.7 Å². The smallest absolute Gasteiger partial charge is 0.219 e. The summed E-state index contributed by atoms with van der Waals surface area (Å²) in [6.45, 7) is 4.30. The molecule has 1 aliphatic rings. The summed E-state index contributed by atoms with van der Waals surface area (Å²) in [4.78, 5) is 23.7. The van der Waals surface area contributed by atoms with Crippen LogP contribution in [0.1, 0.15) is 43.5 Å². The largest absolute Gasteiger partial charge is 0.300 e. The monoisotopic (exact) mass is 262 g/mol. The molecule has 18 heavy (non-hydrogen) atoms. The van der Waals surface area contributed by atoms with Crippen molar-refractivity contribution in [1.82, 2.24) is 0 Å². The van der Waals surface area contributed by atoms with Crippen LogP contribution in [-0.2, 0) is 4.79 Å². The minimum absolute atomic E-state index is 0.0585. The van der Waals surface area contributed by atoms with Crippen LogP contribution in [0.4, 0.5) is 0 Å². The Bertz CT molecular complexity index is 451. The topological polar surface area (TPSA) is 34.1 Å². The van der Waals surface area contributed by atoms with Gasteiger partial charge in [0.1, 0.15) is 5.78 Å². The molecule has 0 radical (unpaired) electrons. The fourth-order valence-corrected chi connectivity index (χ4v) is 3.42.